The highest BCUT2D eigenvalue weighted by atomic mass is 127. The topological polar surface area (TPSA) is 39.7 Å². The molecule has 1 aliphatic carbocycles. The molecule has 1 aliphatic rings. The lowest BCUT2D eigenvalue weighted by molar-refractivity contribution is -0.132. The summed E-state index contributed by atoms with van der Waals surface area (Å²) in [6, 6.07) is 1.17. The highest BCUT2D eigenvalue weighted by Crippen LogP contribution is 2.27. The maximum absolute atomic E-state index is 12.0. The molecule has 0 heterocycles. The first kappa shape index (κ1) is 20.8. The lowest BCUT2D eigenvalue weighted by atomic mass is 10.3. The van der Waals surface area contributed by atoms with Crippen molar-refractivity contribution in [3.8, 4) is 0 Å². The van der Waals surface area contributed by atoms with Crippen molar-refractivity contribution >= 4 is 29.9 Å². The molecule has 0 aliphatic heterocycles. The van der Waals surface area contributed by atoms with Crippen molar-refractivity contribution in [2.75, 3.05) is 26.7 Å². The lowest BCUT2D eigenvalue weighted by Gasteiger charge is -2.26. The van der Waals surface area contributed by atoms with Crippen LogP contribution in [0, 0.1) is 0 Å². The summed E-state index contributed by atoms with van der Waals surface area (Å²) in [6.45, 7) is 5.73. The summed E-state index contributed by atoms with van der Waals surface area (Å²) in [7, 11) is 1.56. The Balaban J connectivity index is 0.00000400. The molecule has 0 unspecified atom stereocenters. The summed E-state index contributed by atoms with van der Waals surface area (Å²) in [5, 5.41) is 5.73. The zero-order chi connectivity index (χ0) is 15.2. The lowest BCUT2D eigenvalue weighted by Crippen LogP contribution is -2.44. The van der Waals surface area contributed by atoms with Gasteiger partial charge in [0.05, 0.1) is 6.42 Å². The molecule has 2 N–H and O–H groups in total. The molecular weight excluding hydrogens is 396 g/mol. The molecule has 0 aromatic heterocycles. The van der Waals surface area contributed by atoms with E-state index in [-0.39, 0.29) is 30.5 Å². The summed E-state index contributed by atoms with van der Waals surface area (Å²) >= 11 is 0. The van der Waals surface area contributed by atoms with E-state index in [2.05, 4.69) is 34.4 Å². The second kappa shape index (κ2) is 9.70. The van der Waals surface area contributed by atoms with Crippen LogP contribution in [0.15, 0.2) is 4.99 Å². The largest absolute Gasteiger partial charge is 0.390 e. The van der Waals surface area contributed by atoms with Crippen molar-refractivity contribution in [1.29, 1.82) is 0 Å². The number of hydrogen-bond acceptors (Lipinski definition) is 2. The van der Waals surface area contributed by atoms with Crippen LogP contribution in [-0.2, 0) is 0 Å². The van der Waals surface area contributed by atoms with E-state index in [1.165, 1.54) is 12.8 Å². The number of nitrogens with zero attached hydrogens (tertiary/aromatic N) is 2. The van der Waals surface area contributed by atoms with Gasteiger partial charge in [0, 0.05) is 38.8 Å². The molecule has 1 saturated carbocycles. The normalized spacial score (nSPS) is 16.1. The number of alkyl halides is 3. The van der Waals surface area contributed by atoms with Crippen LogP contribution in [0.25, 0.3) is 0 Å². The number of halogens is 4. The Morgan fingerprint density at radius 1 is 1.24 bits per heavy atom. The van der Waals surface area contributed by atoms with Crippen molar-refractivity contribution in [1.82, 2.24) is 15.5 Å². The third kappa shape index (κ3) is 9.38. The molecular formula is C13H26F3IN4. The van der Waals surface area contributed by atoms with Crippen molar-refractivity contribution in [2.24, 2.45) is 4.99 Å². The number of guanidine groups is 1. The molecule has 0 aromatic rings. The van der Waals surface area contributed by atoms with Crippen LogP contribution in [0.2, 0.25) is 0 Å². The highest BCUT2D eigenvalue weighted by molar-refractivity contribution is 14.0. The molecule has 4 nitrogen and oxygen atoms in total. The summed E-state index contributed by atoms with van der Waals surface area (Å²) in [4.78, 5) is 6.33. The van der Waals surface area contributed by atoms with Crippen LogP contribution in [0.1, 0.15) is 33.1 Å². The Morgan fingerprint density at radius 2 is 1.81 bits per heavy atom. The fourth-order valence-corrected chi connectivity index (χ4v) is 2.12. The standard InChI is InChI=1S/C13H25F3N4.HI/c1-10(2)20(11-4-5-11)9-8-19-12(17-3)18-7-6-13(14,15)16;/h10-11H,4-9H2,1-3H3,(H2,17,18,19);1H. The summed E-state index contributed by atoms with van der Waals surface area (Å²) in [5.74, 6) is 0.425. The second-order valence-corrected chi connectivity index (χ2v) is 5.35. The van der Waals surface area contributed by atoms with E-state index in [0.717, 1.165) is 6.54 Å². The minimum absolute atomic E-state index is 0. The predicted molar refractivity (Wildman–Crippen MR) is 90.3 cm³/mol. The van der Waals surface area contributed by atoms with Gasteiger partial charge in [-0.2, -0.15) is 13.2 Å². The summed E-state index contributed by atoms with van der Waals surface area (Å²) in [6.07, 6.45) is -2.49. The van der Waals surface area contributed by atoms with Gasteiger partial charge >= 0.3 is 6.18 Å². The minimum Gasteiger partial charge on any atom is -0.356 e. The van der Waals surface area contributed by atoms with Gasteiger partial charge in [0.1, 0.15) is 0 Å². The maximum Gasteiger partial charge on any atom is 0.390 e. The minimum atomic E-state index is -4.13. The van der Waals surface area contributed by atoms with Gasteiger partial charge in [-0.25, -0.2) is 0 Å². The molecule has 8 heteroatoms. The first-order chi connectivity index (χ1) is 9.33. The zero-order valence-electron chi connectivity index (χ0n) is 12.8. The molecule has 0 spiro atoms. The molecule has 21 heavy (non-hydrogen) atoms. The van der Waals surface area contributed by atoms with E-state index >= 15 is 0 Å². The van der Waals surface area contributed by atoms with Crippen molar-refractivity contribution in [3.63, 3.8) is 0 Å². The second-order valence-electron chi connectivity index (χ2n) is 5.35. The Bertz CT molecular complexity index is 315. The smallest absolute Gasteiger partial charge is 0.356 e. The Kier molecular flexibility index (Phi) is 9.59. The van der Waals surface area contributed by atoms with Gasteiger partial charge in [-0.15, -0.1) is 24.0 Å². The molecule has 0 saturated heterocycles. The molecule has 1 fully saturated rings. The quantitative estimate of drug-likeness (QED) is 0.377. The SMILES string of the molecule is CN=C(NCCN(C(C)C)C1CC1)NCCC(F)(F)F.I. The van der Waals surface area contributed by atoms with Gasteiger partial charge in [0.15, 0.2) is 5.96 Å². The first-order valence-corrected chi connectivity index (χ1v) is 7.10. The predicted octanol–water partition coefficient (Wildman–Crippen LogP) is 2.59. The zero-order valence-corrected chi connectivity index (χ0v) is 15.2. The van der Waals surface area contributed by atoms with E-state index in [9.17, 15) is 13.2 Å². The van der Waals surface area contributed by atoms with E-state index in [0.29, 0.717) is 24.6 Å². The van der Waals surface area contributed by atoms with Crippen molar-refractivity contribution in [2.45, 2.75) is 51.4 Å². The number of aliphatic imine (C=N–C) groups is 1. The average molecular weight is 422 g/mol. The van der Waals surface area contributed by atoms with Crippen LogP contribution in [0.4, 0.5) is 13.2 Å². The average Bonchev–Trinajstić information content (AvgIpc) is 3.14. The van der Waals surface area contributed by atoms with Gasteiger partial charge in [0.2, 0.25) is 0 Å². The summed E-state index contributed by atoms with van der Waals surface area (Å²) in [5.41, 5.74) is 0. The number of hydrogen-bond donors (Lipinski definition) is 2. The van der Waals surface area contributed by atoms with Crippen LogP contribution in [0.3, 0.4) is 0 Å². The van der Waals surface area contributed by atoms with Gasteiger partial charge in [0.25, 0.3) is 0 Å². The maximum atomic E-state index is 12.0. The summed E-state index contributed by atoms with van der Waals surface area (Å²) < 4.78 is 36.1. The third-order valence-corrected chi connectivity index (χ3v) is 3.27. The van der Waals surface area contributed by atoms with Crippen molar-refractivity contribution in [3.05, 3.63) is 0 Å². The number of nitrogens with one attached hydrogen (secondary N) is 2. The van der Waals surface area contributed by atoms with Crippen LogP contribution in [-0.4, -0.2) is 55.8 Å². The molecule has 0 aromatic carbocycles. The Hall–Kier alpha value is -0.250. The van der Waals surface area contributed by atoms with Gasteiger partial charge in [-0.05, 0) is 26.7 Å². The van der Waals surface area contributed by atoms with Gasteiger partial charge < -0.3 is 10.6 Å². The molecule has 126 valence electrons. The Labute approximate surface area is 142 Å². The third-order valence-electron chi connectivity index (χ3n) is 3.27. The van der Waals surface area contributed by atoms with Crippen LogP contribution >= 0.6 is 24.0 Å². The monoisotopic (exact) mass is 422 g/mol. The fraction of sp³-hybridized carbons (Fsp3) is 0.923. The van der Waals surface area contributed by atoms with Crippen LogP contribution in [0.5, 0.6) is 0 Å². The first-order valence-electron chi connectivity index (χ1n) is 7.10. The van der Waals surface area contributed by atoms with Crippen molar-refractivity contribution < 1.29 is 13.2 Å². The van der Waals surface area contributed by atoms with Crippen LogP contribution < -0.4 is 10.6 Å². The van der Waals surface area contributed by atoms with E-state index < -0.39 is 12.6 Å². The highest BCUT2D eigenvalue weighted by Gasteiger charge is 2.30. The van der Waals surface area contributed by atoms with E-state index in [1.54, 1.807) is 7.05 Å². The van der Waals surface area contributed by atoms with Gasteiger partial charge in [-0.1, -0.05) is 0 Å². The van der Waals surface area contributed by atoms with E-state index in [1.807, 2.05) is 0 Å². The molecule has 0 amide bonds. The van der Waals surface area contributed by atoms with E-state index in [4.69, 9.17) is 0 Å². The molecule has 1 rings (SSSR count). The molecule has 0 atom stereocenters. The Morgan fingerprint density at radius 3 is 2.24 bits per heavy atom. The number of rotatable bonds is 7. The van der Waals surface area contributed by atoms with Gasteiger partial charge in [-0.3, -0.25) is 9.89 Å². The fourth-order valence-electron chi connectivity index (χ4n) is 2.12. The molecule has 0 radical (unpaired) electrons. The molecule has 0 bridgehead atoms.